The number of rotatable bonds is 3. The van der Waals surface area contributed by atoms with Crippen LogP contribution >= 0.6 is 0 Å². The van der Waals surface area contributed by atoms with Crippen LogP contribution in [0.4, 0.5) is 4.79 Å². The first kappa shape index (κ1) is 17.3. The Bertz CT molecular complexity index is 605. The Labute approximate surface area is 137 Å². The Morgan fingerprint density at radius 2 is 2.04 bits per heavy atom. The van der Waals surface area contributed by atoms with Crippen LogP contribution in [0.2, 0.25) is 0 Å². The predicted molar refractivity (Wildman–Crippen MR) is 87.4 cm³/mol. The summed E-state index contributed by atoms with van der Waals surface area (Å²) >= 11 is 0. The minimum absolute atomic E-state index is 0.295. The van der Waals surface area contributed by atoms with E-state index in [-0.39, 0.29) is 0 Å². The van der Waals surface area contributed by atoms with Crippen LogP contribution in [0.5, 0.6) is 0 Å². The first-order valence-electron chi connectivity index (χ1n) is 7.94. The number of hydrogen-bond acceptors (Lipinski definition) is 3. The molecule has 1 N–H and O–H groups in total. The summed E-state index contributed by atoms with van der Waals surface area (Å²) in [7, 11) is 0. The van der Waals surface area contributed by atoms with Crippen molar-refractivity contribution < 1.29 is 19.4 Å². The number of carboxylic acid groups (broad SMARTS) is 1. The number of likely N-dealkylation sites (tertiary alicyclic amines) is 1. The molecule has 1 aliphatic rings. The molecule has 2 rings (SSSR count). The lowest BCUT2D eigenvalue weighted by atomic mass is 9.88. The molecule has 0 saturated carbocycles. The van der Waals surface area contributed by atoms with Crippen molar-refractivity contribution in [3.8, 4) is 0 Å². The van der Waals surface area contributed by atoms with E-state index in [0.29, 0.717) is 25.8 Å². The Kier molecular flexibility index (Phi) is 4.68. The minimum atomic E-state index is -1.23. The van der Waals surface area contributed by atoms with Gasteiger partial charge < -0.3 is 9.84 Å². The van der Waals surface area contributed by atoms with Gasteiger partial charge in [0, 0.05) is 13.0 Å². The van der Waals surface area contributed by atoms with E-state index in [0.717, 1.165) is 11.1 Å². The summed E-state index contributed by atoms with van der Waals surface area (Å²) < 4.78 is 5.41. The summed E-state index contributed by atoms with van der Waals surface area (Å²) in [5.74, 6) is -0.970. The highest BCUT2D eigenvalue weighted by Gasteiger charge is 2.51. The second-order valence-electron chi connectivity index (χ2n) is 7.24. The lowest BCUT2D eigenvalue weighted by Gasteiger charge is -2.36. The molecule has 1 unspecified atom stereocenters. The van der Waals surface area contributed by atoms with Crippen LogP contribution in [0, 0.1) is 6.92 Å². The fraction of sp³-hybridized carbons (Fsp3) is 0.556. The molecule has 1 saturated heterocycles. The Morgan fingerprint density at radius 1 is 1.35 bits per heavy atom. The maximum Gasteiger partial charge on any atom is 0.411 e. The van der Waals surface area contributed by atoms with Crippen LogP contribution in [0.25, 0.3) is 0 Å². The summed E-state index contributed by atoms with van der Waals surface area (Å²) in [6.45, 7) is 7.72. The molecule has 0 radical (unpaired) electrons. The molecule has 0 bridgehead atoms. The third kappa shape index (κ3) is 3.84. The molecule has 1 heterocycles. The third-order valence-electron chi connectivity index (χ3n) is 4.08. The van der Waals surface area contributed by atoms with Crippen LogP contribution in [0.1, 0.15) is 44.7 Å². The van der Waals surface area contributed by atoms with Gasteiger partial charge in [0.15, 0.2) is 0 Å². The molecule has 5 nitrogen and oxygen atoms in total. The lowest BCUT2D eigenvalue weighted by molar-refractivity contribution is -0.149. The van der Waals surface area contributed by atoms with E-state index in [2.05, 4.69) is 0 Å². The molecule has 1 aromatic carbocycles. The molecule has 1 aromatic rings. The highest BCUT2D eigenvalue weighted by atomic mass is 16.6. The summed E-state index contributed by atoms with van der Waals surface area (Å²) in [6.07, 6.45) is 0.848. The molecular weight excluding hydrogens is 294 g/mol. The van der Waals surface area contributed by atoms with Gasteiger partial charge in [0.05, 0.1) is 0 Å². The maximum atomic E-state index is 12.5. The molecule has 0 spiro atoms. The lowest BCUT2D eigenvalue weighted by Crippen LogP contribution is -2.55. The minimum Gasteiger partial charge on any atom is -0.479 e. The van der Waals surface area contributed by atoms with E-state index in [1.807, 2.05) is 31.2 Å². The summed E-state index contributed by atoms with van der Waals surface area (Å²) in [5.41, 5.74) is 0.122. The molecule has 1 atom stereocenters. The SMILES string of the molecule is Cc1cccc(CC2(C(=O)O)CCCN2C(=O)OC(C)(C)C)c1. The molecule has 5 heteroatoms. The van der Waals surface area contributed by atoms with Crippen molar-refractivity contribution in [2.24, 2.45) is 0 Å². The maximum absolute atomic E-state index is 12.5. The standard InChI is InChI=1S/C18H25NO4/c1-13-7-5-8-14(11-13)12-18(15(20)21)9-6-10-19(18)16(22)23-17(2,3)4/h5,7-8,11H,6,9-10,12H2,1-4H3,(H,20,21). The average Bonchev–Trinajstić information content (AvgIpc) is 2.82. The third-order valence-corrected chi connectivity index (χ3v) is 4.08. The highest BCUT2D eigenvalue weighted by Crippen LogP contribution is 2.34. The topological polar surface area (TPSA) is 66.8 Å². The van der Waals surface area contributed by atoms with Gasteiger partial charge in [-0.1, -0.05) is 29.8 Å². The molecule has 126 valence electrons. The Morgan fingerprint density at radius 3 is 2.61 bits per heavy atom. The zero-order chi connectivity index (χ0) is 17.3. The molecule has 1 fully saturated rings. The van der Waals surface area contributed by atoms with Crippen molar-refractivity contribution in [1.29, 1.82) is 0 Å². The van der Waals surface area contributed by atoms with Gasteiger partial charge in [0.1, 0.15) is 11.1 Å². The van der Waals surface area contributed by atoms with E-state index in [1.165, 1.54) is 4.90 Å². The van der Waals surface area contributed by atoms with E-state index < -0.39 is 23.2 Å². The molecular formula is C18H25NO4. The Balaban J connectivity index is 2.31. The van der Waals surface area contributed by atoms with Gasteiger partial charge in [-0.3, -0.25) is 4.90 Å². The zero-order valence-corrected chi connectivity index (χ0v) is 14.3. The monoisotopic (exact) mass is 319 g/mol. The first-order chi connectivity index (χ1) is 10.6. The number of aryl methyl sites for hydroxylation is 1. The number of amides is 1. The number of aliphatic carboxylic acids is 1. The van der Waals surface area contributed by atoms with Crippen LogP contribution in [0.3, 0.4) is 0 Å². The smallest absolute Gasteiger partial charge is 0.411 e. The van der Waals surface area contributed by atoms with Crippen molar-refractivity contribution in [1.82, 2.24) is 4.90 Å². The number of carbonyl (C=O) groups is 2. The van der Waals surface area contributed by atoms with Crippen LogP contribution in [-0.4, -0.2) is 39.8 Å². The van der Waals surface area contributed by atoms with Gasteiger partial charge in [0.25, 0.3) is 0 Å². The predicted octanol–water partition coefficient (Wildman–Crippen LogP) is 3.39. The van der Waals surface area contributed by atoms with Crippen LogP contribution in [0.15, 0.2) is 24.3 Å². The molecule has 0 aromatic heterocycles. The van der Waals surface area contributed by atoms with E-state index in [4.69, 9.17) is 4.74 Å². The largest absolute Gasteiger partial charge is 0.479 e. The van der Waals surface area contributed by atoms with Crippen molar-refractivity contribution in [3.05, 3.63) is 35.4 Å². The number of carboxylic acids is 1. The van der Waals surface area contributed by atoms with E-state index in [1.54, 1.807) is 20.8 Å². The number of carbonyl (C=O) groups excluding carboxylic acids is 1. The van der Waals surface area contributed by atoms with E-state index >= 15 is 0 Å². The quantitative estimate of drug-likeness (QED) is 0.927. The van der Waals surface area contributed by atoms with Gasteiger partial charge in [-0.25, -0.2) is 9.59 Å². The molecule has 0 aliphatic carbocycles. The van der Waals surface area contributed by atoms with Gasteiger partial charge in [-0.15, -0.1) is 0 Å². The molecule has 1 aliphatic heterocycles. The number of benzene rings is 1. The van der Waals surface area contributed by atoms with Crippen LogP contribution < -0.4 is 0 Å². The average molecular weight is 319 g/mol. The highest BCUT2D eigenvalue weighted by molar-refractivity contribution is 5.85. The fourth-order valence-corrected chi connectivity index (χ4v) is 3.10. The fourth-order valence-electron chi connectivity index (χ4n) is 3.10. The zero-order valence-electron chi connectivity index (χ0n) is 14.3. The van der Waals surface area contributed by atoms with E-state index in [9.17, 15) is 14.7 Å². The molecule has 23 heavy (non-hydrogen) atoms. The second-order valence-corrected chi connectivity index (χ2v) is 7.24. The Hall–Kier alpha value is -2.04. The summed E-state index contributed by atoms with van der Waals surface area (Å²) in [4.78, 5) is 25.9. The van der Waals surface area contributed by atoms with Crippen molar-refractivity contribution in [3.63, 3.8) is 0 Å². The van der Waals surface area contributed by atoms with Crippen LogP contribution in [-0.2, 0) is 16.0 Å². The molecule has 1 amide bonds. The van der Waals surface area contributed by atoms with Gasteiger partial charge in [0.2, 0.25) is 0 Å². The number of ether oxygens (including phenoxy) is 1. The van der Waals surface area contributed by atoms with Gasteiger partial charge >= 0.3 is 12.1 Å². The second kappa shape index (κ2) is 6.22. The summed E-state index contributed by atoms with van der Waals surface area (Å²) in [5, 5.41) is 9.86. The normalized spacial score (nSPS) is 21.3. The van der Waals surface area contributed by atoms with Crippen molar-refractivity contribution in [2.45, 2.75) is 58.1 Å². The first-order valence-corrected chi connectivity index (χ1v) is 7.94. The number of hydrogen-bond donors (Lipinski definition) is 1. The van der Waals surface area contributed by atoms with Crippen molar-refractivity contribution >= 4 is 12.1 Å². The van der Waals surface area contributed by atoms with Gasteiger partial charge in [-0.05, 0) is 46.1 Å². The van der Waals surface area contributed by atoms with Gasteiger partial charge in [-0.2, -0.15) is 0 Å². The summed E-state index contributed by atoms with van der Waals surface area (Å²) in [6, 6.07) is 7.75. The number of nitrogens with zero attached hydrogens (tertiary/aromatic N) is 1. The van der Waals surface area contributed by atoms with Crippen molar-refractivity contribution in [2.75, 3.05) is 6.54 Å².